The number of H-pyrrole nitrogens is 1. The average molecular weight is 248 g/mol. The Hall–Kier alpha value is -1.38. The Morgan fingerprint density at radius 3 is 2.67 bits per heavy atom. The number of imidazole rings is 1. The number of benzene rings is 1. The summed E-state index contributed by atoms with van der Waals surface area (Å²) >= 11 is 0. The molecule has 2 rings (SSSR count). The van der Waals surface area contributed by atoms with E-state index in [0.29, 0.717) is 5.52 Å². The molecular weight excluding hydrogens is 227 g/mol. The van der Waals surface area contributed by atoms with Crippen molar-refractivity contribution >= 4 is 11.0 Å². The molecule has 0 atom stereocenters. The molecule has 0 aliphatic carbocycles. The number of rotatable bonds is 7. The van der Waals surface area contributed by atoms with Gasteiger partial charge in [0.05, 0.1) is 5.52 Å². The molecule has 3 heteroatoms. The molecule has 2 nitrogen and oxygen atoms in total. The molecule has 0 unspecified atom stereocenters. The van der Waals surface area contributed by atoms with Crippen LogP contribution in [0.25, 0.3) is 11.0 Å². The molecule has 1 aromatic carbocycles. The van der Waals surface area contributed by atoms with Crippen molar-refractivity contribution in [2.45, 2.75) is 51.9 Å². The van der Waals surface area contributed by atoms with Gasteiger partial charge >= 0.3 is 0 Å². The van der Waals surface area contributed by atoms with Crippen molar-refractivity contribution in [3.8, 4) is 0 Å². The fourth-order valence-electron chi connectivity index (χ4n) is 2.24. The first-order valence-electron chi connectivity index (χ1n) is 6.94. The minimum absolute atomic E-state index is 0.238. The summed E-state index contributed by atoms with van der Waals surface area (Å²) in [6.07, 6.45) is 8.51. The molecule has 0 fully saturated rings. The van der Waals surface area contributed by atoms with E-state index in [1.54, 1.807) is 6.07 Å². The highest BCUT2D eigenvalue weighted by Crippen LogP contribution is 2.16. The van der Waals surface area contributed by atoms with Gasteiger partial charge in [0.15, 0.2) is 5.82 Å². The van der Waals surface area contributed by atoms with Crippen LogP contribution < -0.4 is 0 Å². The predicted molar refractivity (Wildman–Crippen MR) is 73.1 cm³/mol. The Morgan fingerprint density at radius 1 is 1.11 bits per heavy atom. The summed E-state index contributed by atoms with van der Waals surface area (Å²) in [6, 6.07) is 5.04. The lowest BCUT2D eigenvalue weighted by Gasteiger charge is -1.98. The molecule has 0 amide bonds. The van der Waals surface area contributed by atoms with Crippen LogP contribution in [0.3, 0.4) is 0 Å². The van der Waals surface area contributed by atoms with Crippen molar-refractivity contribution in [2.75, 3.05) is 0 Å². The smallest absolute Gasteiger partial charge is 0.151 e. The lowest BCUT2D eigenvalue weighted by molar-refractivity contribution is 0.602. The maximum absolute atomic E-state index is 13.4. The Labute approximate surface area is 108 Å². The van der Waals surface area contributed by atoms with E-state index >= 15 is 0 Å². The van der Waals surface area contributed by atoms with Gasteiger partial charge in [-0.25, -0.2) is 9.37 Å². The zero-order valence-electron chi connectivity index (χ0n) is 11.0. The summed E-state index contributed by atoms with van der Waals surface area (Å²) in [5.41, 5.74) is 1.27. The van der Waals surface area contributed by atoms with E-state index in [1.807, 2.05) is 6.07 Å². The van der Waals surface area contributed by atoms with Crippen molar-refractivity contribution in [2.24, 2.45) is 0 Å². The first-order valence-corrected chi connectivity index (χ1v) is 6.94. The van der Waals surface area contributed by atoms with Gasteiger partial charge in [0.2, 0.25) is 0 Å². The van der Waals surface area contributed by atoms with Gasteiger partial charge < -0.3 is 4.98 Å². The summed E-state index contributed by atoms with van der Waals surface area (Å²) in [6.45, 7) is 2.23. The standard InChI is InChI=1S/C15H21FN2/c1-2-3-4-5-6-7-11-14-17-13-10-8-9-12(16)15(13)18-14/h8-10H,2-7,11H2,1H3,(H,17,18). The lowest BCUT2D eigenvalue weighted by Crippen LogP contribution is -1.88. The summed E-state index contributed by atoms with van der Waals surface area (Å²) < 4.78 is 13.4. The molecular formula is C15H21FN2. The maximum Gasteiger partial charge on any atom is 0.151 e. The molecule has 0 radical (unpaired) electrons. The average Bonchev–Trinajstić information content (AvgIpc) is 2.78. The van der Waals surface area contributed by atoms with Crippen LogP contribution in [0, 0.1) is 5.82 Å². The fraction of sp³-hybridized carbons (Fsp3) is 0.533. The Bertz CT molecular complexity index is 490. The van der Waals surface area contributed by atoms with E-state index in [0.717, 1.165) is 24.2 Å². The number of para-hydroxylation sites is 1. The molecule has 0 aliphatic heterocycles. The SMILES string of the molecule is CCCCCCCCc1nc2c(F)cccc2[nH]1. The van der Waals surface area contributed by atoms with Gasteiger partial charge in [-0.2, -0.15) is 0 Å². The highest BCUT2D eigenvalue weighted by atomic mass is 19.1. The monoisotopic (exact) mass is 248 g/mol. The van der Waals surface area contributed by atoms with Crippen molar-refractivity contribution in [1.29, 1.82) is 0 Å². The second-order valence-electron chi connectivity index (χ2n) is 4.84. The molecule has 18 heavy (non-hydrogen) atoms. The van der Waals surface area contributed by atoms with E-state index < -0.39 is 0 Å². The zero-order valence-corrected chi connectivity index (χ0v) is 11.0. The number of nitrogens with one attached hydrogen (secondary N) is 1. The topological polar surface area (TPSA) is 28.7 Å². The van der Waals surface area contributed by atoms with Crippen LogP contribution in [0.15, 0.2) is 18.2 Å². The number of hydrogen-bond donors (Lipinski definition) is 1. The van der Waals surface area contributed by atoms with Crippen LogP contribution in [0.1, 0.15) is 51.3 Å². The molecule has 0 bridgehead atoms. The summed E-state index contributed by atoms with van der Waals surface area (Å²) in [5, 5.41) is 0. The van der Waals surface area contributed by atoms with Crippen molar-refractivity contribution in [3.05, 3.63) is 29.8 Å². The fourth-order valence-corrected chi connectivity index (χ4v) is 2.24. The summed E-state index contributed by atoms with van der Waals surface area (Å²) in [5.74, 6) is 0.670. The van der Waals surface area contributed by atoms with Crippen LogP contribution in [0.4, 0.5) is 4.39 Å². The van der Waals surface area contributed by atoms with Gasteiger partial charge in [-0.1, -0.05) is 45.1 Å². The first kappa shape index (κ1) is 13.1. The largest absolute Gasteiger partial charge is 0.342 e. The zero-order chi connectivity index (χ0) is 12.8. The molecule has 0 aliphatic rings. The number of unbranched alkanes of at least 4 members (excludes halogenated alkanes) is 5. The third kappa shape index (κ3) is 3.31. The van der Waals surface area contributed by atoms with Crippen LogP contribution in [-0.2, 0) is 6.42 Å². The number of aryl methyl sites for hydroxylation is 1. The highest BCUT2D eigenvalue weighted by Gasteiger charge is 2.06. The molecule has 0 spiro atoms. The number of halogens is 1. The molecule has 1 N–H and O–H groups in total. The lowest BCUT2D eigenvalue weighted by atomic mass is 10.1. The molecule has 98 valence electrons. The second-order valence-corrected chi connectivity index (χ2v) is 4.84. The second kappa shape index (κ2) is 6.53. The number of nitrogens with zero attached hydrogens (tertiary/aromatic N) is 1. The highest BCUT2D eigenvalue weighted by molar-refractivity contribution is 5.75. The first-order chi connectivity index (χ1) is 8.81. The van der Waals surface area contributed by atoms with Crippen LogP contribution >= 0.6 is 0 Å². The third-order valence-electron chi connectivity index (χ3n) is 3.28. The normalized spacial score (nSPS) is 11.2. The molecule has 1 heterocycles. The molecule has 1 aromatic heterocycles. The van der Waals surface area contributed by atoms with Crippen molar-refractivity contribution < 1.29 is 4.39 Å². The van der Waals surface area contributed by atoms with Crippen LogP contribution in [0.5, 0.6) is 0 Å². The molecule has 0 saturated carbocycles. The van der Waals surface area contributed by atoms with E-state index in [9.17, 15) is 4.39 Å². The van der Waals surface area contributed by atoms with E-state index in [2.05, 4.69) is 16.9 Å². The van der Waals surface area contributed by atoms with Gasteiger partial charge in [-0.15, -0.1) is 0 Å². The van der Waals surface area contributed by atoms with Crippen LogP contribution in [0.2, 0.25) is 0 Å². The molecule has 0 saturated heterocycles. The molecule has 2 aromatic rings. The van der Waals surface area contributed by atoms with Crippen LogP contribution in [-0.4, -0.2) is 9.97 Å². The number of fused-ring (bicyclic) bond motifs is 1. The van der Waals surface area contributed by atoms with Gasteiger partial charge in [0.25, 0.3) is 0 Å². The Kier molecular flexibility index (Phi) is 4.73. The predicted octanol–water partition coefficient (Wildman–Crippen LogP) is 4.61. The third-order valence-corrected chi connectivity index (χ3v) is 3.28. The minimum atomic E-state index is -0.238. The van der Waals surface area contributed by atoms with E-state index in [4.69, 9.17) is 0 Å². The summed E-state index contributed by atoms with van der Waals surface area (Å²) in [7, 11) is 0. The number of aromatic nitrogens is 2. The Morgan fingerprint density at radius 2 is 1.89 bits per heavy atom. The quantitative estimate of drug-likeness (QED) is 0.712. The van der Waals surface area contributed by atoms with E-state index in [1.165, 1.54) is 38.2 Å². The van der Waals surface area contributed by atoms with Gasteiger partial charge in [-0.3, -0.25) is 0 Å². The van der Waals surface area contributed by atoms with Gasteiger partial charge in [0, 0.05) is 6.42 Å². The maximum atomic E-state index is 13.4. The van der Waals surface area contributed by atoms with Crippen molar-refractivity contribution in [1.82, 2.24) is 9.97 Å². The van der Waals surface area contributed by atoms with Gasteiger partial charge in [-0.05, 0) is 18.6 Å². The number of aromatic amines is 1. The minimum Gasteiger partial charge on any atom is -0.342 e. The van der Waals surface area contributed by atoms with E-state index in [-0.39, 0.29) is 5.82 Å². The van der Waals surface area contributed by atoms with Gasteiger partial charge in [0.1, 0.15) is 11.3 Å². The number of hydrogen-bond acceptors (Lipinski definition) is 1. The van der Waals surface area contributed by atoms with Crippen molar-refractivity contribution in [3.63, 3.8) is 0 Å². The Balaban J connectivity index is 1.83. The summed E-state index contributed by atoms with van der Waals surface area (Å²) in [4.78, 5) is 7.50.